The first-order chi connectivity index (χ1) is 16.0. The number of fused-ring (bicyclic) bond motifs is 4. The highest BCUT2D eigenvalue weighted by Crippen LogP contribution is 2.53. The minimum Gasteiger partial charge on any atom is -0.490 e. The number of halogens is 1. The molecule has 0 amide bonds. The van der Waals surface area contributed by atoms with Crippen molar-refractivity contribution in [3.8, 4) is 28.4 Å². The van der Waals surface area contributed by atoms with Gasteiger partial charge in [0.1, 0.15) is 18.1 Å². The topological polar surface area (TPSA) is 88.2 Å². The number of aliphatic imine (C=N–C) groups is 1. The molecule has 1 atom stereocenters. The number of amidine groups is 1. The first-order valence-electron chi connectivity index (χ1n) is 10.7. The highest BCUT2D eigenvalue weighted by Gasteiger charge is 2.48. The lowest BCUT2D eigenvalue weighted by Gasteiger charge is -2.38. The van der Waals surface area contributed by atoms with Crippen molar-refractivity contribution >= 4 is 6.02 Å². The van der Waals surface area contributed by atoms with E-state index in [-0.39, 0.29) is 23.8 Å². The Kier molecular flexibility index (Phi) is 4.35. The zero-order valence-electron chi connectivity index (χ0n) is 18.0. The maximum absolute atomic E-state index is 15.0. The predicted octanol–water partition coefficient (Wildman–Crippen LogP) is 4.00. The normalized spacial score (nSPS) is 21.8. The van der Waals surface area contributed by atoms with E-state index in [0.717, 1.165) is 16.7 Å². The predicted molar refractivity (Wildman–Crippen MR) is 119 cm³/mol. The summed E-state index contributed by atoms with van der Waals surface area (Å²) in [5.41, 5.74) is 8.21. The van der Waals surface area contributed by atoms with Gasteiger partial charge in [-0.1, -0.05) is 19.1 Å². The molecule has 1 aromatic heterocycles. The number of ether oxygens (including phenoxy) is 4. The van der Waals surface area contributed by atoms with Crippen LogP contribution >= 0.6 is 0 Å². The Bertz CT molecular complexity index is 1280. The Balaban J connectivity index is 1.46. The van der Waals surface area contributed by atoms with Crippen molar-refractivity contribution in [1.82, 2.24) is 4.98 Å². The van der Waals surface area contributed by atoms with Crippen LogP contribution in [0.5, 0.6) is 17.2 Å². The molecular formula is C25H22FN3O4. The van der Waals surface area contributed by atoms with Crippen LogP contribution in [0, 0.1) is 11.2 Å². The first-order valence-corrected chi connectivity index (χ1v) is 10.7. The second-order valence-electron chi connectivity index (χ2n) is 9.02. The number of hydrogen-bond donors (Lipinski definition) is 1. The number of pyridine rings is 1. The van der Waals surface area contributed by atoms with Gasteiger partial charge in [0, 0.05) is 40.6 Å². The fourth-order valence-corrected chi connectivity index (χ4v) is 4.47. The molecule has 3 aromatic rings. The van der Waals surface area contributed by atoms with Crippen molar-refractivity contribution in [3.05, 3.63) is 71.8 Å². The SMILES string of the molecule is CC1(COc2cc3c(cc2F)Oc2ccc(-c4cccnc4)cc2[C@@]32COC(N)=N2)COC1. The summed E-state index contributed by atoms with van der Waals surface area (Å²) in [6.07, 6.45) is 3.52. The van der Waals surface area contributed by atoms with Crippen LogP contribution in [-0.2, 0) is 15.0 Å². The van der Waals surface area contributed by atoms with Gasteiger partial charge in [-0.3, -0.25) is 4.98 Å². The molecule has 8 heteroatoms. The van der Waals surface area contributed by atoms with E-state index < -0.39 is 11.4 Å². The van der Waals surface area contributed by atoms with Gasteiger partial charge in [0.15, 0.2) is 17.1 Å². The summed E-state index contributed by atoms with van der Waals surface area (Å²) in [6.45, 7) is 3.75. The number of hydrogen-bond acceptors (Lipinski definition) is 7. The molecule has 3 aliphatic heterocycles. The molecule has 168 valence electrons. The molecule has 7 nitrogen and oxygen atoms in total. The van der Waals surface area contributed by atoms with E-state index in [4.69, 9.17) is 24.7 Å². The lowest BCUT2D eigenvalue weighted by atomic mass is 9.80. The van der Waals surface area contributed by atoms with Gasteiger partial charge >= 0.3 is 0 Å². The number of rotatable bonds is 4. The van der Waals surface area contributed by atoms with Gasteiger partial charge in [-0.2, -0.15) is 0 Å². The summed E-state index contributed by atoms with van der Waals surface area (Å²) in [6, 6.07) is 12.7. The van der Waals surface area contributed by atoms with Crippen molar-refractivity contribution in [2.75, 3.05) is 26.4 Å². The van der Waals surface area contributed by atoms with E-state index >= 15 is 0 Å². The smallest absolute Gasteiger partial charge is 0.283 e. The van der Waals surface area contributed by atoms with E-state index in [1.54, 1.807) is 18.5 Å². The fourth-order valence-electron chi connectivity index (χ4n) is 4.47. The maximum atomic E-state index is 15.0. The first kappa shape index (κ1) is 20.0. The largest absolute Gasteiger partial charge is 0.490 e. The van der Waals surface area contributed by atoms with Crippen LogP contribution in [0.15, 0.2) is 59.9 Å². The molecule has 0 saturated carbocycles. The van der Waals surface area contributed by atoms with Crippen LogP contribution in [0.1, 0.15) is 18.1 Å². The van der Waals surface area contributed by atoms with Crippen molar-refractivity contribution in [1.29, 1.82) is 0 Å². The summed E-state index contributed by atoms with van der Waals surface area (Å²) in [4.78, 5) is 8.90. The molecule has 1 saturated heterocycles. The maximum Gasteiger partial charge on any atom is 0.283 e. The quantitative estimate of drug-likeness (QED) is 0.651. The average molecular weight is 447 g/mol. The van der Waals surface area contributed by atoms with Crippen molar-refractivity contribution in [3.63, 3.8) is 0 Å². The Hall–Kier alpha value is -3.65. The third-order valence-electron chi connectivity index (χ3n) is 6.33. The molecule has 0 unspecified atom stereocenters. The molecule has 1 spiro atoms. The molecule has 0 radical (unpaired) electrons. The molecule has 2 aromatic carbocycles. The van der Waals surface area contributed by atoms with Gasteiger partial charge in [-0.25, -0.2) is 9.38 Å². The van der Waals surface area contributed by atoms with Gasteiger partial charge < -0.3 is 24.7 Å². The van der Waals surface area contributed by atoms with Crippen LogP contribution in [0.4, 0.5) is 4.39 Å². The van der Waals surface area contributed by atoms with E-state index in [1.807, 2.05) is 37.3 Å². The van der Waals surface area contributed by atoms with Crippen LogP contribution in [0.2, 0.25) is 0 Å². The second-order valence-corrected chi connectivity index (χ2v) is 9.02. The van der Waals surface area contributed by atoms with E-state index in [2.05, 4.69) is 9.98 Å². The highest BCUT2D eigenvalue weighted by atomic mass is 19.1. The number of nitrogens with two attached hydrogens (primary N) is 1. The Morgan fingerprint density at radius 3 is 2.61 bits per heavy atom. The van der Waals surface area contributed by atoms with Gasteiger partial charge in [0.25, 0.3) is 6.02 Å². The third kappa shape index (κ3) is 3.21. The second kappa shape index (κ2) is 7.18. The zero-order chi connectivity index (χ0) is 22.6. The highest BCUT2D eigenvalue weighted by molar-refractivity contribution is 5.78. The number of benzene rings is 2. The van der Waals surface area contributed by atoms with Crippen molar-refractivity contribution < 1.29 is 23.3 Å². The van der Waals surface area contributed by atoms with Gasteiger partial charge in [0.05, 0.1) is 19.8 Å². The minimum absolute atomic E-state index is 0.0755. The Morgan fingerprint density at radius 1 is 1.06 bits per heavy atom. The van der Waals surface area contributed by atoms with Crippen LogP contribution in [-0.4, -0.2) is 37.4 Å². The van der Waals surface area contributed by atoms with Crippen LogP contribution in [0.3, 0.4) is 0 Å². The Labute approximate surface area is 190 Å². The lowest BCUT2D eigenvalue weighted by molar-refractivity contribution is -0.120. The van der Waals surface area contributed by atoms with Gasteiger partial charge in [-0.15, -0.1) is 0 Å². The van der Waals surface area contributed by atoms with E-state index in [0.29, 0.717) is 36.9 Å². The summed E-state index contributed by atoms with van der Waals surface area (Å²) >= 11 is 0. The van der Waals surface area contributed by atoms with Crippen LogP contribution in [0.25, 0.3) is 11.1 Å². The molecule has 1 fully saturated rings. The van der Waals surface area contributed by atoms with E-state index in [9.17, 15) is 4.39 Å². The molecular weight excluding hydrogens is 425 g/mol. The zero-order valence-corrected chi connectivity index (χ0v) is 18.0. The van der Waals surface area contributed by atoms with Crippen LogP contribution < -0.4 is 15.2 Å². The molecule has 2 N–H and O–H groups in total. The molecule has 3 aliphatic rings. The van der Waals surface area contributed by atoms with Gasteiger partial charge in [-0.05, 0) is 29.8 Å². The molecule has 4 heterocycles. The molecule has 6 rings (SSSR count). The lowest BCUT2D eigenvalue weighted by Crippen LogP contribution is -2.44. The fraction of sp³-hybridized carbons (Fsp3) is 0.280. The summed E-state index contributed by atoms with van der Waals surface area (Å²) in [5.74, 6) is 0.572. The molecule has 33 heavy (non-hydrogen) atoms. The summed E-state index contributed by atoms with van der Waals surface area (Å²) in [5, 5.41) is 0. The minimum atomic E-state index is -0.972. The summed E-state index contributed by atoms with van der Waals surface area (Å²) in [7, 11) is 0. The standard InChI is InChI=1S/C25H22FN3O4/c1-24(11-30-12-24)13-31-22-8-18-21(9-19(22)26)33-20-5-4-15(16-3-2-6-28-10-16)7-17(20)25(18)14-32-23(27)29-25/h2-10H,11-14H2,1H3,(H2,27,29)/t25-/m0/s1. The van der Waals surface area contributed by atoms with E-state index in [1.165, 1.54) is 6.07 Å². The van der Waals surface area contributed by atoms with Crippen molar-refractivity contribution in [2.45, 2.75) is 12.5 Å². The summed E-state index contributed by atoms with van der Waals surface area (Å²) < 4.78 is 37.8. The molecule has 0 bridgehead atoms. The monoisotopic (exact) mass is 447 g/mol. The Morgan fingerprint density at radius 2 is 1.91 bits per heavy atom. The van der Waals surface area contributed by atoms with Gasteiger partial charge in [0.2, 0.25) is 0 Å². The number of aromatic nitrogens is 1. The van der Waals surface area contributed by atoms with Crippen molar-refractivity contribution in [2.24, 2.45) is 16.1 Å². The third-order valence-corrected chi connectivity index (χ3v) is 6.33. The number of nitrogens with zero attached hydrogens (tertiary/aromatic N) is 2. The average Bonchev–Trinajstić information content (AvgIpc) is 3.19. The molecule has 0 aliphatic carbocycles.